The van der Waals surface area contributed by atoms with Gasteiger partial charge < -0.3 is 4.57 Å². The molecule has 4 amide bonds. The van der Waals surface area contributed by atoms with Gasteiger partial charge in [0, 0.05) is 22.6 Å². The number of carbonyl (C=O) groups excluding carboxylic acids is 3. The lowest BCUT2D eigenvalue weighted by molar-refractivity contribution is -0.122. The third kappa shape index (κ3) is 3.55. The van der Waals surface area contributed by atoms with E-state index in [0.29, 0.717) is 16.4 Å². The highest BCUT2D eigenvalue weighted by Gasteiger charge is 2.36. The van der Waals surface area contributed by atoms with E-state index in [1.807, 2.05) is 0 Å². The lowest BCUT2D eigenvalue weighted by Crippen LogP contribution is -2.54. The SMILES string of the molecule is O=C1NC(=O)N(c2ccc(Cl)cc2)C(=O)C1=Cc1cccn1-c1ccc(F)cc1. The Labute approximate surface area is 169 Å². The molecule has 3 aromatic rings. The fourth-order valence-corrected chi connectivity index (χ4v) is 3.10. The van der Waals surface area contributed by atoms with Crippen molar-refractivity contribution in [2.24, 2.45) is 0 Å². The van der Waals surface area contributed by atoms with Crippen LogP contribution < -0.4 is 10.2 Å². The summed E-state index contributed by atoms with van der Waals surface area (Å²) in [4.78, 5) is 38.4. The van der Waals surface area contributed by atoms with E-state index in [0.717, 1.165) is 4.90 Å². The highest BCUT2D eigenvalue weighted by molar-refractivity contribution is 6.39. The van der Waals surface area contributed by atoms with E-state index in [1.54, 1.807) is 35.0 Å². The van der Waals surface area contributed by atoms with Gasteiger partial charge in [-0.05, 0) is 66.7 Å². The zero-order valence-corrected chi connectivity index (χ0v) is 15.6. The molecule has 2 aromatic carbocycles. The Bertz CT molecular complexity index is 1150. The molecule has 144 valence electrons. The lowest BCUT2D eigenvalue weighted by atomic mass is 10.1. The summed E-state index contributed by atoms with van der Waals surface area (Å²) in [6, 6.07) is 14.4. The predicted octanol–water partition coefficient (Wildman–Crippen LogP) is 3.94. The van der Waals surface area contributed by atoms with Crippen LogP contribution in [0.25, 0.3) is 11.8 Å². The minimum atomic E-state index is -0.839. The van der Waals surface area contributed by atoms with Crippen LogP contribution in [0.5, 0.6) is 0 Å². The van der Waals surface area contributed by atoms with Gasteiger partial charge in [0.2, 0.25) is 0 Å². The van der Waals surface area contributed by atoms with Gasteiger partial charge >= 0.3 is 6.03 Å². The summed E-state index contributed by atoms with van der Waals surface area (Å²) < 4.78 is 14.9. The third-order valence-electron chi connectivity index (χ3n) is 4.36. The zero-order valence-electron chi connectivity index (χ0n) is 14.8. The van der Waals surface area contributed by atoms with Gasteiger partial charge in [-0.3, -0.25) is 14.9 Å². The molecule has 0 atom stereocenters. The number of halogens is 2. The largest absolute Gasteiger partial charge is 0.335 e. The third-order valence-corrected chi connectivity index (χ3v) is 4.62. The van der Waals surface area contributed by atoms with Crippen LogP contribution in [-0.2, 0) is 9.59 Å². The van der Waals surface area contributed by atoms with Crippen LogP contribution in [0.1, 0.15) is 5.69 Å². The van der Waals surface area contributed by atoms with Crippen molar-refractivity contribution in [3.63, 3.8) is 0 Å². The number of hydrogen-bond acceptors (Lipinski definition) is 3. The lowest BCUT2D eigenvalue weighted by Gasteiger charge is -2.26. The Balaban J connectivity index is 1.73. The van der Waals surface area contributed by atoms with Crippen LogP contribution in [0, 0.1) is 5.82 Å². The average Bonchev–Trinajstić information content (AvgIpc) is 3.15. The summed E-state index contributed by atoms with van der Waals surface area (Å²) in [7, 11) is 0. The number of amides is 4. The Morgan fingerprint density at radius 1 is 0.897 bits per heavy atom. The molecule has 1 fully saturated rings. The van der Waals surface area contributed by atoms with Gasteiger partial charge in [0.25, 0.3) is 11.8 Å². The number of nitrogens with zero attached hydrogens (tertiary/aromatic N) is 2. The molecule has 1 aliphatic heterocycles. The second-order valence-electron chi connectivity index (χ2n) is 6.21. The fourth-order valence-electron chi connectivity index (χ4n) is 2.98. The quantitative estimate of drug-likeness (QED) is 0.526. The molecule has 0 spiro atoms. The predicted molar refractivity (Wildman–Crippen MR) is 106 cm³/mol. The summed E-state index contributed by atoms with van der Waals surface area (Å²) in [6.07, 6.45) is 3.10. The number of carbonyl (C=O) groups is 3. The number of benzene rings is 2. The van der Waals surface area contributed by atoms with Gasteiger partial charge in [-0.1, -0.05) is 11.6 Å². The minimum absolute atomic E-state index is 0.207. The molecule has 0 unspecified atom stereocenters. The van der Waals surface area contributed by atoms with Crippen LogP contribution in [0.2, 0.25) is 5.02 Å². The van der Waals surface area contributed by atoms with E-state index in [2.05, 4.69) is 5.32 Å². The summed E-state index contributed by atoms with van der Waals surface area (Å²) in [6.45, 7) is 0. The molecule has 8 heteroatoms. The molecule has 4 rings (SSSR count). The molecule has 29 heavy (non-hydrogen) atoms. The fraction of sp³-hybridized carbons (Fsp3) is 0. The maximum atomic E-state index is 13.2. The first-order valence-electron chi connectivity index (χ1n) is 8.54. The Morgan fingerprint density at radius 3 is 2.24 bits per heavy atom. The Kier molecular flexibility index (Phi) is 4.74. The second-order valence-corrected chi connectivity index (χ2v) is 6.65. The van der Waals surface area contributed by atoms with Crippen LogP contribution in [-0.4, -0.2) is 22.4 Å². The average molecular weight is 410 g/mol. The van der Waals surface area contributed by atoms with Gasteiger partial charge in [-0.2, -0.15) is 0 Å². The van der Waals surface area contributed by atoms with Gasteiger partial charge in [-0.25, -0.2) is 14.1 Å². The number of barbiturate groups is 1. The van der Waals surface area contributed by atoms with Crippen LogP contribution in [0.3, 0.4) is 0 Å². The van der Waals surface area contributed by atoms with E-state index in [1.165, 1.54) is 42.5 Å². The van der Waals surface area contributed by atoms with Crippen molar-refractivity contribution < 1.29 is 18.8 Å². The van der Waals surface area contributed by atoms with E-state index < -0.39 is 17.8 Å². The number of hydrogen-bond donors (Lipinski definition) is 1. The number of imide groups is 2. The Morgan fingerprint density at radius 2 is 1.55 bits per heavy atom. The molecule has 1 aromatic heterocycles. The van der Waals surface area contributed by atoms with Gasteiger partial charge in [0.05, 0.1) is 5.69 Å². The first-order valence-corrected chi connectivity index (χ1v) is 8.92. The number of urea groups is 1. The molecule has 0 bridgehead atoms. The van der Waals surface area contributed by atoms with E-state index >= 15 is 0 Å². The van der Waals surface area contributed by atoms with E-state index in [4.69, 9.17) is 11.6 Å². The molecule has 1 aliphatic rings. The van der Waals surface area contributed by atoms with E-state index in [9.17, 15) is 18.8 Å². The van der Waals surface area contributed by atoms with Crippen LogP contribution in [0.15, 0.2) is 72.4 Å². The van der Waals surface area contributed by atoms with Crippen molar-refractivity contribution in [1.29, 1.82) is 0 Å². The molecule has 0 aliphatic carbocycles. The molecular formula is C21H13ClFN3O3. The van der Waals surface area contributed by atoms with E-state index in [-0.39, 0.29) is 17.1 Å². The highest BCUT2D eigenvalue weighted by atomic mass is 35.5. The second kappa shape index (κ2) is 7.37. The van der Waals surface area contributed by atoms with Crippen molar-refractivity contribution >= 4 is 41.2 Å². The zero-order chi connectivity index (χ0) is 20.5. The topological polar surface area (TPSA) is 71.4 Å². The maximum Gasteiger partial charge on any atom is 0.335 e. The monoisotopic (exact) mass is 409 g/mol. The van der Waals surface area contributed by atoms with Crippen molar-refractivity contribution in [1.82, 2.24) is 9.88 Å². The molecule has 6 nitrogen and oxygen atoms in total. The molecule has 0 radical (unpaired) electrons. The summed E-state index contributed by atoms with van der Waals surface area (Å²) in [5.41, 5.74) is 1.24. The summed E-state index contributed by atoms with van der Waals surface area (Å²) >= 11 is 5.86. The first kappa shape index (κ1) is 18.6. The standard InChI is InChI=1S/C21H13ClFN3O3/c22-13-3-7-16(8-4-13)26-20(28)18(19(27)24-21(26)29)12-17-2-1-11-25(17)15-9-5-14(23)6-10-15/h1-12H,(H,24,27,29). The molecule has 1 saturated heterocycles. The maximum absolute atomic E-state index is 13.2. The number of nitrogens with one attached hydrogen (secondary N) is 1. The molecule has 0 saturated carbocycles. The molecule has 2 heterocycles. The van der Waals surface area contributed by atoms with Crippen LogP contribution in [0.4, 0.5) is 14.9 Å². The van der Waals surface area contributed by atoms with Crippen molar-refractivity contribution in [3.05, 3.63) is 89.0 Å². The van der Waals surface area contributed by atoms with Gasteiger partial charge in [-0.15, -0.1) is 0 Å². The number of aromatic nitrogens is 1. The number of rotatable bonds is 3. The molecular weight excluding hydrogens is 397 g/mol. The van der Waals surface area contributed by atoms with Gasteiger partial charge in [0.1, 0.15) is 11.4 Å². The highest BCUT2D eigenvalue weighted by Crippen LogP contribution is 2.24. The van der Waals surface area contributed by atoms with Crippen molar-refractivity contribution in [3.8, 4) is 5.69 Å². The smallest absolute Gasteiger partial charge is 0.317 e. The summed E-state index contributed by atoms with van der Waals surface area (Å²) in [5.74, 6) is -1.93. The minimum Gasteiger partial charge on any atom is -0.317 e. The number of anilines is 1. The Hall–Kier alpha value is -3.71. The first-order chi connectivity index (χ1) is 13.9. The van der Waals surface area contributed by atoms with Crippen LogP contribution >= 0.6 is 11.6 Å². The summed E-state index contributed by atoms with van der Waals surface area (Å²) in [5, 5.41) is 2.62. The normalized spacial score (nSPS) is 15.7. The van der Waals surface area contributed by atoms with Gasteiger partial charge in [0.15, 0.2) is 0 Å². The van der Waals surface area contributed by atoms with Crippen molar-refractivity contribution in [2.45, 2.75) is 0 Å². The molecule has 1 N–H and O–H groups in total. The van der Waals surface area contributed by atoms with Crippen molar-refractivity contribution in [2.75, 3.05) is 4.90 Å².